The lowest BCUT2D eigenvalue weighted by Crippen LogP contribution is -2.65. The molecule has 1 spiro atoms. The van der Waals surface area contributed by atoms with Crippen molar-refractivity contribution in [2.75, 3.05) is 13.2 Å². The third-order valence-corrected chi connectivity index (χ3v) is 17.4. The Morgan fingerprint density at radius 3 is 2.10 bits per heavy atom. The fourth-order valence-electron chi connectivity index (χ4n) is 13.7. The van der Waals surface area contributed by atoms with Gasteiger partial charge in [0.05, 0.1) is 43.7 Å². The molecule has 0 bridgehead atoms. The van der Waals surface area contributed by atoms with Gasteiger partial charge in [0, 0.05) is 24.2 Å². The van der Waals surface area contributed by atoms with E-state index in [0.29, 0.717) is 48.3 Å². The maximum atomic E-state index is 12.1. The van der Waals surface area contributed by atoms with Crippen molar-refractivity contribution in [1.29, 1.82) is 0 Å². The van der Waals surface area contributed by atoms with Crippen LogP contribution in [0.4, 0.5) is 0 Å². The Balaban J connectivity index is 0.869. The Kier molecular flexibility index (Phi) is 12.0. The van der Waals surface area contributed by atoms with Gasteiger partial charge in [0.2, 0.25) is 0 Å². The molecule has 3 saturated carbocycles. The Bertz CT molecular complexity index is 1580. The van der Waals surface area contributed by atoms with Crippen LogP contribution in [-0.2, 0) is 37.9 Å². The molecule has 0 radical (unpaired) electrons. The number of rotatable bonds is 6. The first-order chi connectivity index (χ1) is 28.4. The first-order valence-electron chi connectivity index (χ1n) is 22.7. The minimum atomic E-state index is -1.72. The lowest BCUT2D eigenvalue weighted by atomic mass is 9.46. The topological polar surface area (TPSA) is 236 Å². The smallest absolute Gasteiger partial charge is 0.187 e. The van der Waals surface area contributed by atoms with Gasteiger partial charge in [0.15, 0.2) is 24.7 Å². The van der Waals surface area contributed by atoms with E-state index in [1.807, 2.05) is 0 Å². The van der Waals surface area contributed by atoms with Crippen LogP contribution in [0, 0.1) is 46.3 Å². The van der Waals surface area contributed by atoms with Gasteiger partial charge < -0.3 is 78.7 Å². The molecule has 0 aromatic heterocycles. The highest BCUT2D eigenvalue weighted by Gasteiger charge is 2.69. The zero-order chi connectivity index (χ0) is 42.8. The fraction of sp³-hybridized carbons (Fsp3) is 0.955. The molecule has 8 N–H and O–H groups in total. The van der Waals surface area contributed by atoms with Gasteiger partial charge in [-0.05, 0) is 87.4 Å². The summed E-state index contributed by atoms with van der Waals surface area (Å²) in [6.45, 7) is 12.8. The predicted octanol–water partition coefficient (Wildman–Crippen LogP) is 0.852. The zero-order valence-corrected chi connectivity index (χ0v) is 35.8. The summed E-state index contributed by atoms with van der Waals surface area (Å²) in [6.07, 6.45) is -11.4. The first-order valence-corrected chi connectivity index (χ1v) is 22.7. The van der Waals surface area contributed by atoms with Crippen LogP contribution >= 0.6 is 0 Å². The highest BCUT2D eigenvalue weighted by Crippen LogP contribution is 2.70. The molecule has 5 saturated heterocycles. The summed E-state index contributed by atoms with van der Waals surface area (Å²) < 4.78 is 49.2. The molecule has 60 heavy (non-hydrogen) atoms. The van der Waals surface area contributed by atoms with E-state index in [9.17, 15) is 40.9 Å². The van der Waals surface area contributed by atoms with Crippen molar-refractivity contribution in [2.24, 2.45) is 46.3 Å². The number of allylic oxidation sites excluding steroid dienone is 1. The van der Waals surface area contributed by atoms with Crippen LogP contribution in [0.5, 0.6) is 0 Å². The summed E-state index contributed by atoms with van der Waals surface area (Å²) in [6, 6.07) is 0. The third-order valence-electron chi connectivity index (χ3n) is 17.4. The maximum Gasteiger partial charge on any atom is 0.187 e. The SMILES string of the molecule is C[C@H]1CC[C@]2(OC1)O[C@@H]1C[C@H]3[C@H]4CC=C5C[C@@H](O[C@H]6O[C@@H](C)[C@H](O)[C@@H](O[C@H]7OC[C@H](O)[C@@H](O)[C@@H]7O[C@H]7O[C@@H](C)[C@H](O)[C@@H](O)[C@@H]7O)[C@@H]6O)C[C@@H](O)[C@]5(C)[C@H]4CC[C@@]3(C)[C@@H]1[C@@H]2C. The van der Waals surface area contributed by atoms with Gasteiger partial charge in [0.25, 0.3) is 0 Å². The van der Waals surface area contributed by atoms with Crippen LogP contribution in [0.25, 0.3) is 0 Å². The molecule has 5 aliphatic heterocycles. The summed E-state index contributed by atoms with van der Waals surface area (Å²) in [5.41, 5.74) is 0.876. The van der Waals surface area contributed by atoms with E-state index < -0.39 is 109 Å². The summed E-state index contributed by atoms with van der Waals surface area (Å²) in [5.74, 6) is 2.12. The molecule has 0 amide bonds. The summed E-state index contributed by atoms with van der Waals surface area (Å²) >= 11 is 0. The van der Waals surface area contributed by atoms with Crippen molar-refractivity contribution < 1.29 is 78.7 Å². The second-order valence-electron chi connectivity index (χ2n) is 20.7. The van der Waals surface area contributed by atoms with Crippen molar-refractivity contribution >= 4 is 0 Å². The molecule has 0 aromatic rings. The molecule has 342 valence electrons. The molecular weight excluding hydrogens is 784 g/mol. The van der Waals surface area contributed by atoms with Crippen molar-refractivity contribution in [2.45, 2.75) is 203 Å². The summed E-state index contributed by atoms with van der Waals surface area (Å²) in [7, 11) is 0. The highest BCUT2D eigenvalue weighted by molar-refractivity contribution is 5.28. The molecule has 4 aliphatic carbocycles. The monoisotopic (exact) mass is 854 g/mol. The van der Waals surface area contributed by atoms with E-state index in [4.69, 9.17) is 37.9 Å². The van der Waals surface area contributed by atoms with Crippen LogP contribution in [0.2, 0.25) is 0 Å². The number of fused-ring (bicyclic) bond motifs is 7. The number of ether oxygens (including phenoxy) is 8. The average Bonchev–Trinajstić information content (AvgIpc) is 3.66. The van der Waals surface area contributed by atoms with Crippen LogP contribution in [0.1, 0.15) is 92.9 Å². The molecule has 9 aliphatic rings. The molecular formula is C44H70O16. The van der Waals surface area contributed by atoms with E-state index in [1.165, 1.54) is 6.92 Å². The number of aliphatic hydroxyl groups is 8. The maximum absolute atomic E-state index is 12.1. The molecule has 0 aromatic carbocycles. The van der Waals surface area contributed by atoms with Gasteiger partial charge in [-0.15, -0.1) is 0 Å². The van der Waals surface area contributed by atoms with E-state index >= 15 is 0 Å². The van der Waals surface area contributed by atoms with Gasteiger partial charge in [-0.2, -0.15) is 0 Å². The highest BCUT2D eigenvalue weighted by atomic mass is 16.8. The zero-order valence-electron chi connectivity index (χ0n) is 35.8. The average molecular weight is 855 g/mol. The fourth-order valence-corrected chi connectivity index (χ4v) is 13.7. The first kappa shape index (κ1) is 44.3. The third kappa shape index (κ3) is 7.01. The second-order valence-corrected chi connectivity index (χ2v) is 20.7. The van der Waals surface area contributed by atoms with Crippen molar-refractivity contribution in [3.05, 3.63) is 11.6 Å². The standard InChI is InChI=1S/C44H70O16/c1-18-9-12-44(54-16-18)19(2)30-28(60-44)15-26-24-8-7-22-13-23(14-29(46)43(22,6)25(24)10-11-42(26,30)5)57-40-36(52)37(32(48)21(4)56-40)58-41-38(33(49)27(45)17-53-41)59-39-35(51)34(50)31(47)20(3)55-39/h7,18-21,23-41,45-52H,8-17H2,1-6H3/t18-,19-,20-,21-,23+,24-,25-,26-,27-,28+,29+,30+,31-,32-,33+,34+,35-,36-,37+,38-,39+,40+,41+,42+,43-,44-/m0/s1. The number of hydrogen-bond acceptors (Lipinski definition) is 16. The minimum Gasteiger partial charge on any atom is -0.392 e. The predicted molar refractivity (Wildman–Crippen MR) is 208 cm³/mol. The van der Waals surface area contributed by atoms with Crippen LogP contribution in [-0.4, -0.2) is 164 Å². The normalized spacial score (nSPS) is 59.2. The Hall–Kier alpha value is -0.900. The molecule has 16 nitrogen and oxygen atoms in total. The lowest BCUT2D eigenvalue weighted by Gasteiger charge is -2.60. The number of hydrogen-bond donors (Lipinski definition) is 8. The van der Waals surface area contributed by atoms with E-state index in [1.54, 1.807) is 6.92 Å². The van der Waals surface area contributed by atoms with Crippen LogP contribution in [0.3, 0.4) is 0 Å². The van der Waals surface area contributed by atoms with E-state index in [-0.39, 0.29) is 18.1 Å². The molecule has 9 rings (SSSR count). The Morgan fingerprint density at radius 2 is 1.38 bits per heavy atom. The van der Waals surface area contributed by atoms with Gasteiger partial charge in [-0.3, -0.25) is 0 Å². The van der Waals surface area contributed by atoms with Gasteiger partial charge >= 0.3 is 0 Å². The Morgan fingerprint density at radius 1 is 0.683 bits per heavy atom. The number of aliphatic hydroxyl groups excluding tert-OH is 8. The summed E-state index contributed by atoms with van der Waals surface area (Å²) in [4.78, 5) is 0. The van der Waals surface area contributed by atoms with Crippen LogP contribution in [0.15, 0.2) is 11.6 Å². The second kappa shape index (κ2) is 16.2. The van der Waals surface area contributed by atoms with Gasteiger partial charge in [-0.25, -0.2) is 0 Å². The van der Waals surface area contributed by atoms with Crippen molar-refractivity contribution in [1.82, 2.24) is 0 Å². The molecule has 26 atom stereocenters. The van der Waals surface area contributed by atoms with Crippen LogP contribution < -0.4 is 0 Å². The quantitative estimate of drug-likeness (QED) is 0.173. The lowest BCUT2D eigenvalue weighted by molar-refractivity contribution is -0.378. The van der Waals surface area contributed by atoms with Crippen molar-refractivity contribution in [3.8, 4) is 0 Å². The largest absolute Gasteiger partial charge is 0.392 e. The Labute approximate surface area is 352 Å². The molecule has 16 heteroatoms. The van der Waals surface area contributed by atoms with Gasteiger partial charge in [-0.1, -0.05) is 39.3 Å². The summed E-state index contributed by atoms with van der Waals surface area (Å²) in [5, 5.41) is 87.5. The van der Waals surface area contributed by atoms with E-state index in [0.717, 1.165) is 50.7 Å². The van der Waals surface area contributed by atoms with E-state index in [2.05, 4.69) is 33.8 Å². The van der Waals surface area contributed by atoms with Crippen molar-refractivity contribution in [3.63, 3.8) is 0 Å². The molecule has 8 fully saturated rings. The molecule has 5 heterocycles. The van der Waals surface area contributed by atoms with Gasteiger partial charge in [0.1, 0.15) is 54.9 Å². The minimum absolute atomic E-state index is 0.144. The molecule has 0 unspecified atom stereocenters.